The molecule has 0 N–H and O–H groups in total. The van der Waals surface area contributed by atoms with Gasteiger partial charge in [0.1, 0.15) is 6.61 Å². The largest absolute Gasteiger partial charge is 0.463 e. The predicted octanol–water partition coefficient (Wildman–Crippen LogP) is 5.57. The van der Waals surface area contributed by atoms with Crippen LogP contribution in [-0.4, -0.2) is 6.47 Å². The van der Waals surface area contributed by atoms with E-state index in [0.717, 1.165) is 6.42 Å². The fourth-order valence-corrected chi connectivity index (χ4v) is 2.36. The Labute approximate surface area is 134 Å². The van der Waals surface area contributed by atoms with E-state index in [1.807, 2.05) is 0 Å². The van der Waals surface area contributed by atoms with Crippen molar-refractivity contribution >= 4 is 29.7 Å². The number of hydrogen-bond donors (Lipinski definition) is 0. The molecule has 0 aromatic heterocycles. The van der Waals surface area contributed by atoms with Gasteiger partial charge >= 0.3 is 0 Å². The Morgan fingerprint density at radius 3 is 2.29 bits per heavy atom. The summed E-state index contributed by atoms with van der Waals surface area (Å²) in [6, 6.07) is 5.11. The number of allylic oxidation sites excluding steroid dienone is 2. The standard InChI is InChI=1S/C8H6Cl2O2.C8H13F/c9-7-2-1-3-8(10)6(7)4-12-5-11;1-6(9)4-7-5-8(7,2)3/h1-3,5H,4H2;4,7H,5H2,1-3H3/b;6-4+/t;7-/m.0/s1. The van der Waals surface area contributed by atoms with Crippen LogP contribution in [0.3, 0.4) is 0 Å². The summed E-state index contributed by atoms with van der Waals surface area (Å²) in [6.07, 6.45) is 2.87. The van der Waals surface area contributed by atoms with Crippen molar-refractivity contribution in [3.63, 3.8) is 0 Å². The molecule has 0 bridgehead atoms. The molecule has 1 aromatic carbocycles. The van der Waals surface area contributed by atoms with Crippen molar-refractivity contribution in [3.05, 3.63) is 45.7 Å². The highest BCUT2D eigenvalue weighted by Gasteiger charge is 2.43. The van der Waals surface area contributed by atoms with Gasteiger partial charge in [0.2, 0.25) is 0 Å². The van der Waals surface area contributed by atoms with Crippen LogP contribution >= 0.6 is 23.2 Å². The third-order valence-corrected chi connectivity index (χ3v) is 4.09. The average molecular weight is 333 g/mol. The van der Waals surface area contributed by atoms with E-state index >= 15 is 0 Å². The maximum atomic E-state index is 12.2. The van der Waals surface area contributed by atoms with Crippen LogP contribution in [0.25, 0.3) is 0 Å². The third kappa shape index (κ3) is 6.06. The first-order chi connectivity index (χ1) is 9.77. The first kappa shape index (κ1) is 18.0. The Balaban J connectivity index is 0.000000219. The molecule has 2 nitrogen and oxygen atoms in total. The van der Waals surface area contributed by atoms with Crippen molar-refractivity contribution in [3.8, 4) is 0 Å². The van der Waals surface area contributed by atoms with Crippen LogP contribution in [0.2, 0.25) is 10.0 Å². The topological polar surface area (TPSA) is 26.3 Å². The second-order valence-electron chi connectivity index (χ2n) is 5.66. The van der Waals surface area contributed by atoms with Gasteiger partial charge in [-0.1, -0.05) is 43.1 Å². The molecule has 1 aromatic rings. The van der Waals surface area contributed by atoms with Gasteiger partial charge < -0.3 is 4.74 Å². The molecule has 0 heterocycles. The van der Waals surface area contributed by atoms with Crippen LogP contribution in [0, 0.1) is 11.3 Å². The summed E-state index contributed by atoms with van der Waals surface area (Å²) in [5.74, 6) is 0.466. The number of carbonyl (C=O) groups is 1. The predicted molar refractivity (Wildman–Crippen MR) is 84.1 cm³/mol. The van der Waals surface area contributed by atoms with E-state index in [2.05, 4.69) is 18.6 Å². The van der Waals surface area contributed by atoms with Gasteiger partial charge in [-0.2, -0.15) is 0 Å². The molecular formula is C16H19Cl2FO2. The van der Waals surface area contributed by atoms with Crippen molar-refractivity contribution in [1.29, 1.82) is 0 Å². The number of rotatable bonds is 4. The van der Waals surface area contributed by atoms with E-state index in [1.54, 1.807) is 24.3 Å². The molecule has 1 aliphatic carbocycles. The fourth-order valence-electron chi connectivity index (χ4n) is 1.86. The zero-order valence-electron chi connectivity index (χ0n) is 12.3. The van der Waals surface area contributed by atoms with E-state index in [-0.39, 0.29) is 12.4 Å². The molecule has 0 saturated heterocycles. The van der Waals surface area contributed by atoms with E-state index in [1.165, 1.54) is 6.92 Å². The zero-order valence-corrected chi connectivity index (χ0v) is 13.8. The van der Waals surface area contributed by atoms with Crippen molar-refractivity contribution in [2.24, 2.45) is 11.3 Å². The zero-order chi connectivity index (χ0) is 16.0. The molecule has 1 fully saturated rings. The van der Waals surface area contributed by atoms with Crippen molar-refractivity contribution in [1.82, 2.24) is 0 Å². The molecule has 0 spiro atoms. The van der Waals surface area contributed by atoms with E-state index in [0.29, 0.717) is 33.4 Å². The van der Waals surface area contributed by atoms with Crippen LogP contribution in [0.4, 0.5) is 4.39 Å². The lowest BCUT2D eigenvalue weighted by Crippen LogP contribution is -1.92. The molecule has 0 amide bonds. The molecule has 0 radical (unpaired) electrons. The van der Waals surface area contributed by atoms with Gasteiger partial charge in [0.25, 0.3) is 6.47 Å². The summed E-state index contributed by atoms with van der Waals surface area (Å²) in [7, 11) is 0. The summed E-state index contributed by atoms with van der Waals surface area (Å²) in [4.78, 5) is 9.89. The van der Waals surface area contributed by atoms with Gasteiger partial charge in [0.15, 0.2) is 0 Å². The monoisotopic (exact) mass is 332 g/mol. The van der Waals surface area contributed by atoms with Crippen LogP contribution in [0.1, 0.15) is 32.8 Å². The lowest BCUT2D eigenvalue weighted by molar-refractivity contribution is -0.129. The number of benzene rings is 1. The molecule has 21 heavy (non-hydrogen) atoms. The number of carbonyl (C=O) groups excluding carboxylic acids is 1. The van der Waals surface area contributed by atoms with Gasteiger partial charge in [-0.05, 0) is 42.9 Å². The molecule has 5 heteroatoms. The van der Waals surface area contributed by atoms with E-state index in [4.69, 9.17) is 23.2 Å². The maximum absolute atomic E-state index is 12.2. The molecule has 0 unspecified atom stereocenters. The minimum atomic E-state index is -0.0365. The molecule has 1 saturated carbocycles. The molecular weight excluding hydrogens is 314 g/mol. The number of halogens is 3. The Hall–Kier alpha value is -1.06. The van der Waals surface area contributed by atoms with Crippen LogP contribution in [-0.2, 0) is 16.1 Å². The first-order valence-corrected chi connectivity index (χ1v) is 7.35. The van der Waals surface area contributed by atoms with Crippen LogP contribution in [0.5, 0.6) is 0 Å². The Bertz CT molecular complexity index is 503. The Morgan fingerprint density at radius 1 is 1.43 bits per heavy atom. The highest BCUT2D eigenvalue weighted by molar-refractivity contribution is 6.35. The smallest absolute Gasteiger partial charge is 0.293 e. The number of ether oxygens (including phenoxy) is 1. The lowest BCUT2D eigenvalue weighted by atomic mass is 10.1. The highest BCUT2D eigenvalue weighted by Crippen LogP contribution is 2.52. The average Bonchev–Trinajstić information content (AvgIpc) is 2.95. The first-order valence-electron chi connectivity index (χ1n) is 6.60. The summed E-state index contributed by atoms with van der Waals surface area (Å²) in [5, 5.41) is 1.01. The summed E-state index contributed by atoms with van der Waals surface area (Å²) in [6.45, 7) is 6.31. The van der Waals surface area contributed by atoms with Crippen LogP contribution < -0.4 is 0 Å². The molecule has 2 rings (SSSR count). The fraction of sp³-hybridized carbons (Fsp3) is 0.438. The van der Waals surface area contributed by atoms with Gasteiger partial charge in [0, 0.05) is 15.6 Å². The van der Waals surface area contributed by atoms with E-state index < -0.39 is 0 Å². The Morgan fingerprint density at radius 2 is 1.95 bits per heavy atom. The summed E-state index contributed by atoms with van der Waals surface area (Å²) in [5.41, 5.74) is 1.01. The van der Waals surface area contributed by atoms with Gasteiger partial charge in [-0.25, -0.2) is 4.39 Å². The highest BCUT2D eigenvalue weighted by atomic mass is 35.5. The number of hydrogen-bond acceptors (Lipinski definition) is 2. The maximum Gasteiger partial charge on any atom is 0.293 e. The third-order valence-electron chi connectivity index (χ3n) is 3.38. The van der Waals surface area contributed by atoms with Gasteiger partial charge in [-0.15, -0.1) is 0 Å². The Kier molecular flexibility index (Phi) is 6.69. The normalized spacial score (nSPS) is 19.3. The molecule has 1 atom stereocenters. The summed E-state index contributed by atoms with van der Waals surface area (Å²) < 4.78 is 16.7. The second kappa shape index (κ2) is 7.81. The van der Waals surface area contributed by atoms with Crippen LogP contribution in [0.15, 0.2) is 30.1 Å². The van der Waals surface area contributed by atoms with E-state index in [9.17, 15) is 9.18 Å². The van der Waals surface area contributed by atoms with Crippen molar-refractivity contribution < 1.29 is 13.9 Å². The van der Waals surface area contributed by atoms with Crippen molar-refractivity contribution in [2.45, 2.75) is 33.8 Å². The molecule has 1 aliphatic rings. The van der Waals surface area contributed by atoms with Gasteiger partial charge in [-0.3, -0.25) is 4.79 Å². The molecule has 116 valence electrons. The SMILES string of the molecule is C/C(F)=C\[C@H]1CC1(C)C.O=COCc1c(Cl)cccc1Cl. The minimum absolute atomic E-state index is 0.0365. The molecule has 0 aliphatic heterocycles. The minimum Gasteiger partial charge on any atom is -0.463 e. The van der Waals surface area contributed by atoms with Crippen molar-refractivity contribution in [2.75, 3.05) is 0 Å². The quantitative estimate of drug-likeness (QED) is 0.673. The summed E-state index contributed by atoms with van der Waals surface area (Å²) >= 11 is 11.6. The van der Waals surface area contributed by atoms with Gasteiger partial charge in [0.05, 0.1) is 5.83 Å². The lowest BCUT2D eigenvalue weighted by Gasteiger charge is -2.03. The second-order valence-corrected chi connectivity index (χ2v) is 6.47.